The van der Waals surface area contributed by atoms with Crippen LogP contribution in [-0.4, -0.2) is 65.4 Å². The first kappa shape index (κ1) is 32.5. The van der Waals surface area contributed by atoms with E-state index in [4.69, 9.17) is 4.74 Å². The molecule has 0 N–H and O–H groups in total. The predicted molar refractivity (Wildman–Crippen MR) is 151 cm³/mol. The van der Waals surface area contributed by atoms with E-state index in [1.165, 1.54) is 12.1 Å². The summed E-state index contributed by atoms with van der Waals surface area (Å²) in [7, 11) is 0. The van der Waals surface area contributed by atoms with E-state index >= 15 is 0 Å². The van der Waals surface area contributed by atoms with Crippen molar-refractivity contribution in [1.29, 1.82) is 0 Å². The summed E-state index contributed by atoms with van der Waals surface area (Å²) in [6.45, 7) is 7.63. The van der Waals surface area contributed by atoms with Crippen LogP contribution in [0.1, 0.15) is 42.5 Å². The Bertz CT molecular complexity index is 1360. The molecule has 1 aliphatic rings. The second-order valence-corrected chi connectivity index (χ2v) is 11.1. The highest BCUT2D eigenvalue weighted by Gasteiger charge is 2.68. The summed E-state index contributed by atoms with van der Waals surface area (Å²) < 4.78 is 86.2. The highest BCUT2D eigenvalue weighted by Crippen LogP contribution is 2.51. The summed E-state index contributed by atoms with van der Waals surface area (Å²) in [6, 6.07) is 14.0. The lowest BCUT2D eigenvalue weighted by molar-refractivity contribution is -0.297. The zero-order valence-electron chi connectivity index (χ0n) is 24.3. The van der Waals surface area contributed by atoms with Crippen molar-refractivity contribution < 1.29 is 35.9 Å². The third kappa shape index (κ3) is 7.38. The van der Waals surface area contributed by atoms with Gasteiger partial charge in [0.2, 0.25) is 0 Å². The lowest BCUT2D eigenvalue weighted by Crippen LogP contribution is -2.53. The number of carbonyl (C=O) groups is 1. The molecular formula is C32H35F6N3O2. The highest BCUT2D eigenvalue weighted by molar-refractivity contribution is 5.70. The monoisotopic (exact) mass is 607 g/mol. The van der Waals surface area contributed by atoms with Gasteiger partial charge in [-0.2, -0.15) is 26.3 Å². The Balaban J connectivity index is 1.48. The van der Waals surface area contributed by atoms with E-state index in [0.29, 0.717) is 31.8 Å². The average molecular weight is 608 g/mol. The van der Waals surface area contributed by atoms with Crippen molar-refractivity contribution in [2.75, 3.05) is 26.2 Å². The molecule has 0 aliphatic carbocycles. The second kappa shape index (κ2) is 13.1. The van der Waals surface area contributed by atoms with E-state index < -0.39 is 23.3 Å². The van der Waals surface area contributed by atoms with E-state index in [-0.39, 0.29) is 25.4 Å². The molecule has 0 bridgehead atoms. The molecule has 1 fully saturated rings. The number of halogens is 6. The minimum absolute atomic E-state index is 0.0427. The maximum Gasteiger partial charge on any atom is 0.406 e. The zero-order valence-corrected chi connectivity index (χ0v) is 24.3. The van der Waals surface area contributed by atoms with Crippen molar-refractivity contribution in [1.82, 2.24) is 14.8 Å². The van der Waals surface area contributed by atoms with Crippen LogP contribution in [0.15, 0.2) is 67.0 Å². The SMILES string of the molecule is CCOC(=O)CC1CN(Cc2ccc(-c3ccc(C(C)(C(F)(F)F)C(F)(F)F)cc3)c(C)c2)CCN1Cc1ccncc1. The number of nitrogens with zero attached hydrogens (tertiary/aromatic N) is 3. The van der Waals surface area contributed by atoms with Crippen molar-refractivity contribution in [2.45, 2.75) is 64.1 Å². The number of aryl methyl sites for hydroxylation is 1. The van der Waals surface area contributed by atoms with Gasteiger partial charge in [0.05, 0.1) is 13.0 Å². The molecule has 2 aromatic carbocycles. The topological polar surface area (TPSA) is 45.7 Å². The summed E-state index contributed by atoms with van der Waals surface area (Å²) in [5.74, 6) is -0.244. The molecule has 43 heavy (non-hydrogen) atoms. The van der Waals surface area contributed by atoms with Crippen LogP contribution in [-0.2, 0) is 28.0 Å². The van der Waals surface area contributed by atoms with Crippen molar-refractivity contribution in [2.24, 2.45) is 0 Å². The van der Waals surface area contributed by atoms with E-state index in [1.54, 1.807) is 19.3 Å². The molecule has 1 saturated heterocycles. The van der Waals surface area contributed by atoms with Gasteiger partial charge in [0.1, 0.15) is 0 Å². The molecule has 5 nitrogen and oxygen atoms in total. The Hall–Kier alpha value is -3.44. The number of ether oxygens (including phenoxy) is 1. The van der Waals surface area contributed by atoms with Crippen molar-refractivity contribution in [3.05, 3.63) is 89.2 Å². The highest BCUT2D eigenvalue weighted by atomic mass is 19.4. The summed E-state index contributed by atoms with van der Waals surface area (Å²) in [6.07, 6.45) is -7.23. The maximum atomic E-state index is 13.5. The van der Waals surface area contributed by atoms with Crippen LogP contribution in [0.25, 0.3) is 11.1 Å². The summed E-state index contributed by atoms with van der Waals surface area (Å²) in [5.41, 5.74) is -0.609. The lowest BCUT2D eigenvalue weighted by atomic mass is 9.80. The summed E-state index contributed by atoms with van der Waals surface area (Å²) in [5, 5.41) is 0. The Morgan fingerprint density at radius 1 is 0.907 bits per heavy atom. The number of hydrogen-bond donors (Lipinski definition) is 0. The minimum atomic E-state index is -5.50. The number of piperazine rings is 1. The minimum Gasteiger partial charge on any atom is -0.466 e. The molecule has 1 aliphatic heterocycles. The Morgan fingerprint density at radius 3 is 2.14 bits per heavy atom. The number of pyridine rings is 1. The van der Waals surface area contributed by atoms with Crippen LogP contribution in [0, 0.1) is 6.92 Å². The van der Waals surface area contributed by atoms with Crippen LogP contribution in [0.5, 0.6) is 0 Å². The Labute approximate surface area is 247 Å². The molecular weight excluding hydrogens is 572 g/mol. The molecule has 0 spiro atoms. The summed E-state index contributed by atoms with van der Waals surface area (Å²) >= 11 is 0. The van der Waals surface area contributed by atoms with Gasteiger partial charge in [0, 0.05) is 51.2 Å². The molecule has 1 unspecified atom stereocenters. The van der Waals surface area contributed by atoms with E-state index in [0.717, 1.165) is 47.5 Å². The fourth-order valence-electron chi connectivity index (χ4n) is 5.52. The van der Waals surface area contributed by atoms with E-state index in [1.807, 2.05) is 37.3 Å². The Kier molecular flexibility index (Phi) is 9.86. The number of benzene rings is 2. The third-order valence-electron chi connectivity index (χ3n) is 8.14. The van der Waals surface area contributed by atoms with E-state index in [2.05, 4.69) is 14.8 Å². The van der Waals surface area contributed by atoms with Crippen molar-refractivity contribution in [3.8, 4) is 11.1 Å². The lowest BCUT2D eigenvalue weighted by Gasteiger charge is -2.41. The number of aromatic nitrogens is 1. The zero-order chi connectivity index (χ0) is 31.4. The van der Waals surface area contributed by atoms with Gasteiger partial charge in [0.25, 0.3) is 0 Å². The number of hydrogen-bond acceptors (Lipinski definition) is 5. The number of carbonyl (C=O) groups excluding carboxylic acids is 1. The van der Waals surface area contributed by atoms with Gasteiger partial charge < -0.3 is 4.74 Å². The van der Waals surface area contributed by atoms with Crippen LogP contribution < -0.4 is 0 Å². The maximum absolute atomic E-state index is 13.5. The molecule has 4 rings (SSSR count). The van der Waals surface area contributed by atoms with Crippen LogP contribution >= 0.6 is 0 Å². The number of alkyl halides is 6. The van der Waals surface area contributed by atoms with Gasteiger partial charge >= 0.3 is 18.3 Å². The van der Waals surface area contributed by atoms with Crippen molar-refractivity contribution >= 4 is 5.97 Å². The molecule has 2 heterocycles. The second-order valence-electron chi connectivity index (χ2n) is 11.1. The van der Waals surface area contributed by atoms with Crippen molar-refractivity contribution in [3.63, 3.8) is 0 Å². The molecule has 3 aromatic rings. The first-order chi connectivity index (χ1) is 20.2. The van der Waals surface area contributed by atoms with Gasteiger partial charge in [-0.3, -0.25) is 19.6 Å². The fourth-order valence-corrected chi connectivity index (χ4v) is 5.52. The first-order valence-electron chi connectivity index (χ1n) is 14.1. The smallest absolute Gasteiger partial charge is 0.406 e. The van der Waals surface area contributed by atoms with E-state index in [9.17, 15) is 31.1 Å². The molecule has 0 amide bonds. The Morgan fingerprint density at radius 2 is 1.56 bits per heavy atom. The normalized spacial score (nSPS) is 17.2. The van der Waals surface area contributed by atoms with Gasteiger partial charge in [0.15, 0.2) is 5.41 Å². The average Bonchev–Trinajstić information content (AvgIpc) is 2.94. The first-order valence-corrected chi connectivity index (χ1v) is 14.1. The predicted octanol–water partition coefficient (Wildman–Crippen LogP) is 7.08. The molecule has 0 saturated carbocycles. The summed E-state index contributed by atoms with van der Waals surface area (Å²) in [4.78, 5) is 21.0. The van der Waals surface area contributed by atoms with Crippen LogP contribution in [0.2, 0.25) is 0 Å². The number of rotatable bonds is 9. The van der Waals surface area contributed by atoms with Gasteiger partial charge in [-0.25, -0.2) is 0 Å². The molecule has 1 atom stereocenters. The van der Waals surface area contributed by atoms with Crippen LogP contribution in [0.3, 0.4) is 0 Å². The van der Waals surface area contributed by atoms with Gasteiger partial charge in [-0.05, 0) is 66.3 Å². The largest absolute Gasteiger partial charge is 0.466 e. The standard InChI is InChI=1S/C32H35F6N3O2/c1-4-43-29(42)18-27-21-40(15-16-41(27)20-23-11-13-39-14-12-23)19-24-5-10-28(22(2)17-24)25-6-8-26(9-7-25)30(3,31(33,34)35)32(36,37)38/h5-14,17,27H,4,15-16,18-21H2,1-3H3. The fraction of sp³-hybridized carbons (Fsp3) is 0.438. The van der Waals surface area contributed by atoms with Gasteiger partial charge in [-0.15, -0.1) is 0 Å². The number of esters is 1. The molecule has 232 valence electrons. The molecule has 0 radical (unpaired) electrons. The molecule has 1 aromatic heterocycles. The van der Waals surface area contributed by atoms with Gasteiger partial charge in [-0.1, -0.05) is 42.5 Å². The quantitative estimate of drug-likeness (QED) is 0.192. The molecule has 11 heteroatoms. The third-order valence-corrected chi connectivity index (χ3v) is 8.14. The van der Waals surface area contributed by atoms with Crippen LogP contribution in [0.4, 0.5) is 26.3 Å².